The number of aromatic nitrogens is 3. The number of carboxylic acid groups (broad SMARTS) is 1. The summed E-state index contributed by atoms with van der Waals surface area (Å²) in [5.74, 6) is 3.35. The van der Waals surface area contributed by atoms with Crippen LogP contribution in [0, 0.1) is 46.3 Å². The van der Waals surface area contributed by atoms with Crippen molar-refractivity contribution in [2.45, 2.75) is 103 Å². The second-order valence-corrected chi connectivity index (χ2v) is 24.9. The number of aliphatic carboxylic acids is 1. The fourth-order valence-electron chi connectivity index (χ4n) is 11.0. The Morgan fingerprint density at radius 3 is 2.28 bits per heavy atom. The van der Waals surface area contributed by atoms with Crippen molar-refractivity contribution in [3.8, 4) is 34.5 Å². The van der Waals surface area contributed by atoms with Gasteiger partial charge in [0.15, 0.2) is 12.6 Å². The number of carbonyl (C=O) groups is 1. The Morgan fingerprint density at radius 2 is 1.66 bits per heavy atom. The number of fused-ring (bicyclic) bond motifs is 4. The zero-order valence-electron chi connectivity index (χ0n) is 36.8. The van der Waals surface area contributed by atoms with Crippen molar-refractivity contribution >= 4 is 41.5 Å². The first-order chi connectivity index (χ1) is 29.2. The van der Waals surface area contributed by atoms with Crippen LogP contribution in [0.25, 0.3) is 32.9 Å². The van der Waals surface area contributed by atoms with Crippen molar-refractivity contribution in [2.24, 2.45) is 23.2 Å². The van der Waals surface area contributed by atoms with Gasteiger partial charge in [0.25, 0.3) is 0 Å². The summed E-state index contributed by atoms with van der Waals surface area (Å²) < 4.78 is 51.6. The number of benzene rings is 2. The lowest BCUT2D eigenvalue weighted by molar-refractivity contribution is -0.143. The molecule has 2 aliphatic heterocycles. The average Bonchev–Trinajstić information content (AvgIpc) is 3.92. The largest absolute Gasteiger partial charge is 0.481 e. The van der Waals surface area contributed by atoms with Gasteiger partial charge < -0.3 is 29.1 Å². The minimum atomic E-state index is -2.28. The van der Waals surface area contributed by atoms with Gasteiger partial charge >= 0.3 is 12.0 Å². The van der Waals surface area contributed by atoms with E-state index in [0.717, 1.165) is 45.6 Å². The number of hydrogen-bond acceptors (Lipinski definition) is 9. The first-order valence-electron chi connectivity index (χ1n) is 22.3. The van der Waals surface area contributed by atoms with Gasteiger partial charge in [0.05, 0.1) is 23.5 Å². The SMILES string of the molecule is COCOc1cc(-c2ncc3c(N4CC5CCC(C5)C4)nc(OCC4(CN5CCC(C(=O)O)CC5)CC4)nc3c2F)c2c(C#C[Si](C(C)C)(C(C)C)C(C)C)c(F)ccc2c1. The molecule has 2 aliphatic carbocycles. The molecule has 2 atom stereocenters. The number of carboxylic acids is 1. The predicted molar refractivity (Wildman–Crippen MR) is 238 cm³/mol. The maximum Gasteiger partial charge on any atom is 0.319 e. The molecule has 0 spiro atoms. The molecule has 326 valence electrons. The van der Waals surface area contributed by atoms with Crippen molar-refractivity contribution in [3.05, 3.63) is 47.7 Å². The van der Waals surface area contributed by atoms with E-state index in [4.69, 9.17) is 29.2 Å². The van der Waals surface area contributed by atoms with Gasteiger partial charge in [-0.05, 0) is 110 Å². The van der Waals surface area contributed by atoms with Crippen molar-refractivity contribution in [2.75, 3.05) is 58.1 Å². The van der Waals surface area contributed by atoms with Crippen LogP contribution in [-0.4, -0.2) is 92.2 Å². The number of pyridine rings is 1. The van der Waals surface area contributed by atoms with Crippen LogP contribution in [0.3, 0.4) is 0 Å². The van der Waals surface area contributed by atoms with Gasteiger partial charge in [-0.25, -0.2) is 8.78 Å². The lowest BCUT2D eigenvalue weighted by Crippen LogP contribution is -2.43. The molecular formula is C48H61F2N5O5Si. The van der Waals surface area contributed by atoms with Crippen molar-refractivity contribution < 1.29 is 32.9 Å². The second kappa shape index (κ2) is 17.4. The normalized spacial score (nSPS) is 20.5. The standard InChI is InChI=1S/C48H61F2N5O5Si/c1-29(2)61(30(3)4,31(5)6)19-14-37-40(49)11-10-35-21-36(60-28-58-7)22-38(41(35)37)43-42(50)44-39(23-51-43)45(55-24-32-8-9-33(20-32)25-55)53-47(52-44)59-27-48(15-16-48)26-54-17-12-34(13-18-54)46(56)57/h10-11,21-23,29-34H,8-9,12-13,15-18,20,24-28H2,1-7H3,(H,56,57). The lowest BCUT2D eigenvalue weighted by atomic mass is 9.95. The number of likely N-dealkylation sites (tertiary alicyclic amines) is 1. The minimum Gasteiger partial charge on any atom is -0.481 e. The lowest BCUT2D eigenvalue weighted by Gasteiger charge is -2.38. The highest BCUT2D eigenvalue weighted by Gasteiger charge is 2.46. The Balaban J connectivity index is 1.23. The summed E-state index contributed by atoms with van der Waals surface area (Å²) in [5.41, 5.74) is 5.25. The summed E-state index contributed by atoms with van der Waals surface area (Å²) in [6.07, 6.45) is 8.43. The van der Waals surface area contributed by atoms with E-state index in [1.807, 2.05) is 0 Å². The van der Waals surface area contributed by atoms with Gasteiger partial charge in [-0.3, -0.25) is 9.78 Å². The van der Waals surface area contributed by atoms with Gasteiger partial charge in [0, 0.05) is 49.3 Å². The average molecular weight is 854 g/mol. The van der Waals surface area contributed by atoms with E-state index in [1.165, 1.54) is 32.4 Å². The molecule has 1 N–H and O–H groups in total. The van der Waals surface area contributed by atoms with Crippen LogP contribution in [0.2, 0.25) is 16.6 Å². The quantitative estimate of drug-likeness (QED) is 0.0748. The zero-order valence-corrected chi connectivity index (χ0v) is 37.8. The number of rotatable bonds is 14. The molecule has 2 saturated carbocycles. The summed E-state index contributed by atoms with van der Waals surface area (Å²) in [4.78, 5) is 30.8. The van der Waals surface area contributed by atoms with E-state index in [0.29, 0.717) is 81.2 Å². The molecule has 2 aromatic heterocycles. The van der Waals surface area contributed by atoms with Gasteiger partial charge in [0.1, 0.15) is 36.7 Å². The van der Waals surface area contributed by atoms with Crippen molar-refractivity contribution in [1.29, 1.82) is 0 Å². The summed E-state index contributed by atoms with van der Waals surface area (Å²) >= 11 is 0. The molecule has 2 unspecified atom stereocenters. The summed E-state index contributed by atoms with van der Waals surface area (Å²) in [7, 11) is -0.751. The molecule has 10 nitrogen and oxygen atoms in total. The van der Waals surface area contributed by atoms with Gasteiger partial charge in [-0.1, -0.05) is 53.5 Å². The van der Waals surface area contributed by atoms with Gasteiger partial charge in [-0.15, -0.1) is 5.54 Å². The Hall–Kier alpha value is -4.38. The van der Waals surface area contributed by atoms with Crippen LogP contribution >= 0.6 is 0 Å². The Kier molecular flexibility index (Phi) is 12.4. The maximum atomic E-state index is 17.7. The van der Waals surface area contributed by atoms with Crippen LogP contribution in [0.5, 0.6) is 11.8 Å². The van der Waals surface area contributed by atoms with Crippen molar-refractivity contribution in [1.82, 2.24) is 19.9 Å². The molecule has 0 radical (unpaired) electrons. The molecule has 2 aromatic carbocycles. The summed E-state index contributed by atoms with van der Waals surface area (Å²) in [6, 6.07) is 6.71. The van der Waals surface area contributed by atoms with E-state index in [-0.39, 0.29) is 40.9 Å². The van der Waals surface area contributed by atoms with Crippen LogP contribution in [0.4, 0.5) is 14.6 Å². The third kappa shape index (κ3) is 8.57. The molecule has 2 saturated heterocycles. The molecule has 0 amide bonds. The topological polar surface area (TPSA) is 110 Å². The second-order valence-electron chi connectivity index (χ2n) is 19.3. The number of ether oxygens (including phenoxy) is 3. The van der Waals surface area contributed by atoms with E-state index in [9.17, 15) is 9.90 Å². The number of methoxy groups -OCH3 is 1. The molecular weight excluding hydrogens is 793 g/mol. The van der Waals surface area contributed by atoms with Crippen LogP contribution in [-0.2, 0) is 9.53 Å². The molecule has 4 fully saturated rings. The summed E-state index contributed by atoms with van der Waals surface area (Å²) in [5, 5.41) is 11.1. The third-order valence-electron chi connectivity index (χ3n) is 14.4. The first-order valence-corrected chi connectivity index (χ1v) is 24.6. The minimum absolute atomic E-state index is 0.00634. The van der Waals surface area contributed by atoms with Crippen LogP contribution < -0.4 is 14.4 Å². The van der Waals surface area contributed by atoms with E-state index in [1.54, 1.807) is 24.4 Å². The number of nitrogens with zero attached hydrogens (tertiary/aromatic N) is 5. The predicted octanol–water partition coefficient (Wildman–Crippen LogP) is 9.87. The molecule has 2 bridgehead atoms. The maximum absolute atomic E-state index is 17.7. The fourth-order valence-corrected chi connectivity index (χ4v) is 16.2. The highest BCUT2D eigenvalue weighted by Crippen LogP contribution is 2.48. The highest BCUT2D eigenvalue weighted by atomic mass is 28.3. The van der Waals surface area contributed by atoms with Crippen LogP contribution in [0.15, 0.2) is 30.5 Å². The number of hydrogen-bond donors (Lipinski definition) is 1. The van der Waals surface area contributed by atoms with Crippen molar-refractivity contribution in [3.63, 3.8) is 0 Å². The Bertz CT molecular complexity index is 2320. The zero-order chi connectivity index (χ0) is 43.2. The Labute approximate surface area is 359 Å². The molecule has 8 rings (SSSR count). The number of anilines is 1. The smallest absolute Gasteiger partial charge is 0.319 e. The molecule has 4 aliphatic rings. The first kappa shape index (κ1) is 43.3. The van der Waals surface area contributed by atoms with E-state index < -0.39 is 25.7 Å². The molecule has 4 heterocycles. The van der Waals surface area contributed by atoms with Gasteiger partial charge in [0.2, 0.25) is 0 Å². The molecule has 13 heteroatoms. The molecule has 4 aromatic rings. The van der Waals surface area contributed by atoms with E-state index in [2.05, 4.69) is 62.8 Å². The highest BCUT2D eigenvalue weighted by molar-refractivity contribution is 6.90. The van der Waals surface area contributed by atoms with Gasteiger partial charge in [-0.2, -0.15) is 9.97 Å². The van der Waals surface area contributed by atoms with Crippen LogP contribution in [0.1, 0.15) is 92.1 Å². The van der Waals surface area contributed by atoms with E-state index >= 15 is 8.78 Å². The number of piperidine rings is 2. The fraction of sp³-hybridized carbons (Fsp3) is 0.583. The summed E-state index contributed by atoms with van der Waals surface area (Å²) in [6.45, 7) is 17.6. The molecule has 61 heavy (non-hydrogen) atoms. The number of halogens is 2. The third-order valence-corrected chi connectivity index (χ3v) is 20.7. The Morgan fingerprint density at radius 1 is 0.967 bits per heavy atom. The monoisotopic (exact) mass is 853 g/mol.